The molecule has 0 fully saturated rings. The zero-order valence-electron chi connectivity index (χ0n) is 4.61. The lowest BCUT2D eigenvalue weighted by atomic mass is 10.7. The van der Waals surface area contributed by atoms with Crippen molar-refractivity contribution in [3.8, 4) is 0 Å². The van der Waals surface area contributed by atoms with Gasteiger partial charge in [-0.25, -0.2) is 10.0 Å². The van der Waals surface area contributed by atoms with Crippen LogP contribution >= 0.6 is 0 Å². The number of aliphatic imine (C=N–C) groups is 1. The second-order valence-corrected chi connectivity index (χ2v) is 1.65. The van der Waals surface area contributed by atoms with Crippen LogP contribution in [0.25, 0.3) is 0 Å². The van der Waals surface area contributed by atoms with Gasteiger partial charge in [-0.3, -0.25) is 5.43 Å². The average Bonchev–Trinajstić information content (AvgIpc) is 2.33. The summed E-state index contributed by atoms with van der Waals surface area (Å²) >= 11 is 0. The molecule has 2 aliphatic rings. The number of nitrogens with one attached hydrogen (secondary N) is 1. The van der Waals surface area contributed by atoms with E-state index in [2.05, 4.69) is 10.4 Å². The molecule has 0 saturated heterocycles. The van der Waals surface area contributed by atoms with E-state index in [1.54, 1.807) is 30.1 Å². The molecule has 4 nitrogen and oxygen atoms in total. The van der Waals surface area contributed by atoms with Crippen molar-refractivity contribution in [2.24, 2.45) is 4.99 Å². The topological polar surface area (TPSA) is 36.9 Å². The molecule has 2 rings (SSSR count). The quantitative estimate of drug-likeness (QED) is 0.497. The first-order chi connectivity index (χ1) is 4.47. The van der Waals surface area contributed by atoms with Gasteiger partial charge in [0, 0.05) is 0 Å². The Hall–Kier alpha value is -1.45. The number of nitrogens with zero attached hydrogens (tertiary/aromatic N) is 2. The van der Waals surface area contributed by atoms with E-state index in [1.165, 1.54) is 0 Å². The largest absolute Gasteiger partial charge is 0.467 e. The second-order valence-electron chi connectivity index (χ2n) is 1.65. The van der Waals surface area contributed by atoms with E-state index in [1.807, 2.05) is 0 Å². The van der Waals surface area contributed by atoms with Crippen molar-refractivity contribution in [3.05, 3.63) is 24.5 Å². The van der Waals surface area contributed by atoms with Gasteiger partial charge in [-0.2, -0.15) is 0 Å². The van der Waals surface area contributed by atoms with E-state index in [0.717, 1.165) is 5.82 Å². The summed E-state index contributed by atoms with van der Waals surface area (Å²) in [6.45, 7) is 0. The Labute approximate surface area is 52.1 Å². The fraction of sp³-hybridized carbons (Fsp3) is 0. The predicted molar refractivity (Wildman–Crippen MR) is 31.8 cm³/mol. The Kier molecular flexibility index (Phi) is 0.745. The van der Waals surface area contributed by atoms with Crippen LogP contribution in [0.4, 0.5) is 0 Å². The summed E-state index contributed by atoms with van der Waals surface area (Å²) in [7, 11) is 0. The molecule has 0 radical (unpaired) electrons. The third-order valence-electron chi connectivity index (χ3n) is 1.10. The maximum Gasteiger partial charge on any atom is 0.188 e. The van der Waals surface area contributed by atoms with Crippen LogP contribution in [0.2, 0.25) is 0 Å². The number of fused-ring (bicyclic) bond motifs is 1. The van der Waals surface area contributed by atoms with Gasteiger partial charge in [0.05, 0.1) is 6.20 Å². The van der Waals surface area contributed by atoms with Gasteiger partial charge in [0.2, 0.25) is 0 Å². The van der Waals surface area contributed by atoms with E-state index in [-0.39, 0.29) is 0 Å². The minimum atomic E-state index is 0.775. The van der Waals surface area contributed by atoms with Gasteiger partial charge < -0.3 is 4.74 Å². The van der Waals surface area contributed by atoms with E-state index in [4.69, 9.17) is 4.74 Å². The maximum atomic E-state index is 4.85. The summed E-state index contributed by atoms with van der Waals surface area (Å²) in [4.78, 5) is 3.93. The van der Waals surface area contributed by atoms with Crippen LogP contribution in [0.5, 0.6) is 0 Å². The molecule has 0 spiro atoms. The summed E-state index contributed by atoms with van der Waals surface area (Å²) in [5.74, 6) is 0.775. The molecule has 0 aliphatic carbocycles. The number of hydrazine groups is 1. The summed E-state index contributed by atoms with van der Waals surface area (Å²) in [5.41, 5.74) is 2.87. The van der Waals surface area contributed by atoms with Crippen molar-refractivity contribution >= 4 is 6.34 Å². The standard InChI is InChI=1S/C5H5N3O/c1-2-9-3-5-6-4-7-8(1)5/h1-4H,(H,6,7). The van der Waals surface area contributed by atoms with E-state index in [0.29, 0.717) is 0 Å². The van der Waals surface area contributed by atoms with Crippen molar-refractivity contribution < 1.29 is 4.74 Å². The zero-order valence-corrected chi connectivity index (χ0v) is 4.61. The van der Waals surface area contributed by atoms with Crippen LogP contribution in [-0.2, 0) is 4.74 Å². The molecular weight excluding hydrogens is 118 g/mol. The summed E-state index contributed by atoms with van der Waals surface area (Å²) in [6, 6.07) is 0. The van der Waals surface area contributed by atoms with Crippen molar-refractivity contribution in [2.75, 3.05) is 0 Å². The van der Waals surface area contributed by atoms with E-state index >= 15 is 0 Å². The Morgan fingerprint density at radius 2 is 2.67 bits per heavy atom. The second kappa shape index (κ2) is 1.51. The Bertz CT molecular complexity index is 206. The molecule has 2 heterocycles. The van der Waals surface area contributed by atoms with Gasteiger partial charge in [-0.1, -0.05) is 0 Å². The van der Waals surface area contributed by atoms with Crippen LogP contribution in [-0.4, -0.2) is 11.3 Å². The van der Waals surface area contributed by atoms with Crippen LogP contribution in [0.15, 0.2) is 29.5 Å². The smallest absolute Gasteiger partial charge is 0.188 e. The lowest BCUT2D eigenvalue weighted by Crippen LogP contribution is -2.25. The molecule has 0 aromatic rings. The molecule has 4 heteroatoms. The molecular formula is C5H5N3O. The number of hydrogen-bond acceptors (Lipinski definition) is 4. The number of hydrogen-bond donors (Lipinski definition) is 1. The van der Waals surface area contributed by atoms with Crippen molar-refractivity contribution in [1.29, 1.82) is 0 Å². The van der Waals surface area contributed by atoms with Crippen LogP contribution in [0, 0.1) is 0 Å². The number of ether oxygens (including phenoxy) is 1. The van der Waals surface area contributed by atoms with Crippen LogP contribution in [0.1, 0.15) is 0 Å². The summed E-state index contributed by atoms with van der Waals surface area (Å²) in [6.07, 6.45) is 6.49. The fourth-order valence-electron chi connectivity index (χ4n) is 0.688. The molecule has 46 valence electrons. The van der Waals surface area contributed by atoms with Crippen molar-refractivity contribution in [2.45, 2.75) is 0 Å². The van der Waals surface area contributed by atoms with Crippen molar-refractivity contribution in [3.63, 3.8) is 0 Å². The molecule has 0 atom stereocenters. The van der Waals surface area contributed by atoms with E-state index in [9.17, 15) is 0 Å². The molecule has 0 bridgehead atoms. The monoisotopic (exact) mass is 123 g/mol. The summed E-state index contributed by atoms with van der Waals surface area (Å²) < 4.78 is 4.85. The fourth-order valence-corrected chi connectivity index (χ4v) is 0.688. The normalized spacial score (nSPS) is 20.4. The highest BCUT2D eigenvalue weighted by Gasteiger charge is 2.11. The SMILES string of the molecule is C1=CN2NC=NC2=CO1. The van der Waals surface area contributed by atoms with Gasteiger partial charge in [-0.15, -0.1) is 0 Å². The maximum absolute atomic E-state index is 4.85. The van der Waals surface area contributed by atoms with Gasteiger partial charge in [-0.05, 0) is 0 Å². The molecule has 1 N–H and O–H groups in total. The van der Waals surface area contributed by atoms with Gasteiger partial charge in [0.25, 0.3) is 0 Å². The molecule has 0 aromatic heterocycles. The molecule has 0 amide bonds. The first kappa shape index (κ1) is 4.43. The molecule has 9 heavy (non-hydrogen) atoms. The minimum absolute atomic E-state index is 0.775. The third-order valence-corrected chi connectivity index (χ3v) is 1.10. The predicted octanol–water partition coefficient (Wildman–Crippen LogP) is 0.135. The minimum Gasteiger partial charge on any atom is -0.467 e. The molecule has 0 aromatic carbocycles. The van der Waals surface area contributed by atoms with Gasteiger partial charge in [0.1, 0.15) is 18.9 Å². The third kappa shape index (κ3) is 0.561. The average molecular weight is 123 g/mol. The molecule has 2 aliphatic heterocycles. The van der Waals surface area contributed by atoms with Crippen LogP contribution < -0.4 is 5.43 Å². The Morgan fingerprint density at radius 1 is 1.67 bits per heavy atom. The first-order valence-electron chi connectivity index (χ1n) is 2.57. The highest BCUT2D eigenvalue weighted by atomic mass is 16.5. The Balaban J connectivity index is 2.29. The van der Waals surface area contributed by atoms with E-state index < -0.39 is 0 Å². The lowest BCUT2D eigenvalue weighted by Gasteiger charge is -2.14. The highest BCUT2D eigenvalue weighted by Crippen LogP contribution is 2.11. The van der Waals surface area contributed by atoms with Gasteiger partial charge >= 0.3 is 0 Å². The molecule has 0 saturated carbocycles. The zero-order chi connectivity index (χ0) is 6.10. The van der Waals surface area contributed by atoms with Crippen LogP contribution in [0.3, 0.4) is 0 Å². The molecule has 0 unspecified atom stereocenters. The highest BCUT2D eigenvalue weighted by molar-refractivity contribution is 5.59. The lowest BCUT2D eigenvalue weighted by molar-refractivity contribution is 0.316. The summed E-state index contributed by atoms with van der Waals surface area (Å²) in [5, 5.41) is 1.75. The van der Waals surface area contributed by atoms with Gasteiger partial charge in [0.15, 0.2) is 5.82 Å². The Morgan fingerprint density at radius 3 is 3.56 bits per heavy atom. The first-order valence-corrected chi connectivity index (χ1v) is 2.57. The number of rotatable bonds is 0. The van der Waals surface area contributed by atoms with Crippen molar-refractivity contribution in [1.82, 2.24) is 10.4 Å².